The second-order valence-electron chi connectivity index (χ2n) is 9.06. The first kappa shape index (κ1) is 27.5. The van der Waals surface area contributed by atoms with Gasteiger partial charge in [-0.05, 0) is 41.8 Å². The molecule has 0 bridgehead atoms. The van der Waals surface area contributed by atoms with Crippen molar-refractivity contribution in [1.29, 1.82) is 0 Å². The molecule has 3 aromatic rings. The summed E-state index contributed by atoms with van der Waals surface area (Å²) >= 11 is 1.32. The Labute approximate surface area is 225 Å². The number of hydrazine groups is 1. The Bertz CT molecular complexity index is 1450. The summed E-state index contributed by atoms with van der Waals surface area (Å²) in [5.74, 6) is -1.42. The number of nitrogens with zero attached hydrogens (tertiary/aromatic N) is 2. The molecule has 2 heterocycles. The van der Waals surface area contributed by atoms with Gasteiger partial charge in [0.2, 0.25) is 15.9 Å². The lowest BCUT2D eigenvalue weighted by atomic mass is 10.0. The molecule has 10 nitrogen and oxygen atoms in total. The van der Waals surface area contributed by atoms with Crippen LogP contribution in [-0.4, -0.2) is 56.0 Å². The molecule has 12 heteroatoms. The van der Waals surface area contributed by atoms with E-state index in [1.807, 2.05) is 18.2 Å². The SMILES string of the molecule is CC(=O)NNC(=O)c1c(NC(=O)c2ccc(S(=O)(=O)N(C)C)cc2)sc2c1CCN(Cc1ccccc1)C2. The molecule has 1 aliphatic heterocycles. The lowest BCUT2D eigenvalue weighted by Crippen LogP contribution is -2.41. The van der Waals surface area contributed by atoms with E-state index in [9.17, 15) is 22.8 Å². The van der Waals surface area contributed by atoms with Gasteiger partial charge in [-0.1, -0.05) is 30.3 Å². The average Bonchev–Trinajstić information content (AvgIpc) is 3.24. The number of nitrogens with one attached hydrogen (secondary N) is 3. The monoisotopic (exact) mass is 555 g/mol. The van der Waals surface area contributed by atoms with Crippen LogP contribution in [0.3, 0.4) is 0 Å². The Balaban J connectivity index is 1.59. The fraction of sp³-hybridized carbons (Fsp3) is 0.269. The number of benzene rings is 2. The zero-order valence-electron chi connectivity index (χ0n) is 21.3. The molecule has 1 aliphatic rings. The van der Waals surface area contributed by atoms with Crippen LogP contribution in [0, 0.1) is 0 Å². The maximum atomic E-state index is 13.1. The van der Waals surface area contributed by atoms with E-state index in [1.165, 1.54) is 62.2 Å². The van der Waals surface area contributed by atoms with Crippen LogP contribution in [0.2, 0.25) is 0 Å². The number of sulfonamides is 1. The van der Waals surface area contributed by atoms with Gasteiger partial charge >= 0.3 is 0 Å². The number of amides is 3. The number of rotatable bonds is 7. The lowest BCUT2D eigenvalue weighted by molar-refractivity contribution is -0.119. The number of hydrogen-bond donors (Lipinski definition) is 3. The molecule has 3 N–H and O–H groups in total. The van der Waals surface area contributed by atoms with Crippen molar-refractivity contribution < 1.29 is 22.8 Å². The molecule has 0 fully saturated rings. The van der Waals surface area contributed by atoms with Crippen LogP contribution in [-0.2, 0) is 34.3 Å². The fourth-order valence-electron chi connectivity index (χ4n) is 4.13. The van der Waals surface area contributed by atoms with Gasteiger partial charge in [-0.2, -0.15) is 0 Å². The first-order chi connectivity index (χ1) is 18.1. The van der Waals surface area contributed by atoms with Gasteiger partial charge < -0.3 is 5.32 Å². The second-order valence-corrected chi connectivity index (χ2v) is 12.3. The van der Waals surface area contributed by atoms with Crippen LogP contribution in [0.5, 0.6) is 0 Å². The van der Waals surface area contributed by atoms with Crippen molar-refractivity contribution in [1.82, 2.24) is 20.1 Å². The van der Waals surface area contributed by atoms with Crippen LogP contribution in [0.4, 0.5) is 5.00 Å². The van der Waals surface area contributed by atoms with E-state index in [1.54, 1.807) is 0 Å². The van der Waals surface area contributed by atoms with Gasteiger partial charge in [0.1, 0.15) is 5.00 Å². The Hall–Kier alpha value is -3.58. The van der Waals surface area contributed by atoms with E-state index >= 15 is 0 Å². The van der Waals surface area contributed by atoms with Crippen molar-refractivity contribution in [3.8, 4) is 0 Å². The molecule has 3 amide bonds. The van der Waals surface area contributed by atoms with Crippen LogP contribution in [0.25, 0.3) is 0 Å². The average molecular weight is 556 g/mol. The summed E-state index contributed by atoms with van der Waals surface area (Å²) in [7, 11) is -0.761. The molecule has 4 rings (SSSR count). The number of carbonyl (C=O) groups is 3. The maximum absolute atomic E-state index is 13.1. The van der Waals surface area contributed by atoms with E-state index in [4.69, 9.17) is 0 Å². The number of thiophene rings is 1. The van der Waals surface area contributed by atoms with Gasteiger partial charge in [0.25, 0.3) is 11.8 Å². The molecular weight excluding hydrogens is 526 g/mol. The van der Waals surface area contributed by atoms with Crippen molar-refractivity contribution in [3.63, 3.8) is 0 Å². The largest absolute Gasteiger partial charge is 0.313 e. The maximum Gasteiger partial charge on any atom is 0.272 e. The standard InChI is InChI=1S/C26H29N5O5S2/c1-17(32)28-29-25(34)23-21-13-14-31(15-18-7-5-4-6-8-18)16-22(21)37-26(23)27-24(33)19-9-11-20(12-10-19)38(35,36)30(2)3/h4-12H,13-16H2,1-3H3,(H,27,33)(H,28,32)(H,29,34). The molecule has 1 aromatic heterocycles. The summed E-state index contributed by atoms with van der Waals surface area (Å²) < 4.78 is 25.8. The van der Waals surface area contributed by atoms with E-state index < -0.39 is 27.7 Å². The summed E-state index contributed by atoms with van der Waals surface area (Å²) in [6.45, 7) is 3.39. The number of anilines is 1. The molecule has 0 spiro atoms. The Morgan fingerprint density at radius 1 is 0.974 bits per heavy atom. The van der Waals surface area contributed by atoms with E-state index in [0.717, 1.165) is 27.8 Å². The Morgan fingerprint density at radius 3 is 2.29 bits per heavy atom. The van der Waals surface area contributed by atoms with Crippen molar-refractivity contribution >= 4 is 44.1 Å². The highest BCUT2D eigenvalue weighted by molar-refractivity contribution is 7.89. The van der Waals surface area contributed by atoms with Gasteiger partial charge in [0.15, 0.2) is 0 Å². The number of carbonyl (C=O) groups excluding carboxylic acids is 3. The summed E-state index contributed by atoms with van der Waals surface area (Å²) in [5, 5.41) is 3.20. The van der Waals surface area contributed by atoms with Crippen molar-refractivity contribution in [2.45, 2.75) is 31.3 Å². The Morgan fingerprint density at radius 2 is 1.66 bits per heavy atom. The first-order valence-corrected chi connectivity index (χ1v) is 14.1. The minimum absolute atomic E-state index is 0.0690. The third kappa shape index (κ3) is 6.10. The van der Waals surface area contributed by atoms with E-state index in [0.29, 0.717) is 23.5 Å². The van der Waals surface area contributed by atoms with Crippen molar-refractivity contribution in [2.75, 3.05) is 26.0 Å². The predicted octanol–water partition coefficient (Wildman–Crippen LogP) is 2.59. The molecule has 0 unspecified atom stereocenters. The molecule has 0 saturated carbocycles. The highest BCUT2D eigenvalue weighted by Gasteiger charge is 2.29. The minimum Gasteiger partial charge on any atom is -0.313 e. The third-order valence-electron chi connectivity index (χ3n) is 6.09. The zero-order valence-corrected chi connectivity index (χ0v) is 22.9. The number of hydrogen-bond acceptors (Lipinski definition) is 7. The van der Waals surface area contributed by atoms with Crippen LogP contribution in [0.15, 0.2) is 59.5 Å². The molecule has 38 heavy (non-hydrogen) atoms. The molecule has 0 aliphatic carbocycles. The van der Waals surface area contributed by atoms with E-state index in [2.05, 4.69) is 33.2 Å². The van der Waals surface area contributed by atoms with Crippen LogP contribution >= 0.6 is 11.3 Å². The topological polar surface area (TPSA) is 128 Å². The van der Waals surface area contributed by atoms with Gasteiger partial charge in [-0.3, -0.25) is 30.1 Å². The zero-order chi connectivity index (χ0) is 27.4. The smallest absolute Gasteiger partial charge is 0.272 e. The summed E-state index contributed by atoms with van der Waals surface area (Å²) in [6, 6.07) is 15.7. The van der Waals surface area contributed by atoms with Crippen LogP contribution in [0.1, 0.15) is 43.6 Å². The summed E-state index contributed by atoms with van der Waals surface area (Å²) in [4.78, 5) is 40.8. The molecule has 200 valence electrons. The van der Waals surface area contributed by atoms with Gasteiger partial charge in [-0.15, -0.1) is 11.3 Å². The third-order valence-corrected chi connectivity index (χ3v) is 9.05. The van der Waals surface area contributed by atoms with Crippen molar-refractivity contribution in [3.05, 3.63) is 81.7 Å². The highest BCUT2D eigenvalue weighted by atomic mass is 32.2. The van der Waals surface area contributed by atoms with Gasteiger partial charge in [0.05, 0.1) is 10.5 Å². The summed E-state index contributed by atoms with van der Waals surface area (Å²) in [5.41, 5.74) is 7.30. The van der Waals surface area contributed by atoms with Gasteiger partial charge in [0, 0.05) is 51.1 Å². The predicted molar refractivity (Wildman–Crippen MR) is 145 cm³/mol. The second kappa shape index (κ2) is 11.4. The highest BCUT2D eigenvalue weighted by Crippen LogP contribution is 2.37. The molecular formula is C26H29N5O5S2. The van der Waals surface area contributed by atoms with Crippen molar-refractivity contribution in [2.24, 2.45) is 0 Å². The molecule has 0 radical (unpaired) electrons. The normalized spacial score (nSPS) is 13.6. The van der Waals surface area contributed by atoms with E-state index in [-0.39, 0.29) is 10.5 Å². The molecule has 0 atom stereocenters. The minimum atomic E-state index is -3.63. The quantitative estimate of drug-likeness (QED) is 0.385. The lowest BCUT2D eigenvalue weighted by Gasteiger charge is -2.27. The first-order valence-electron chi connectivity index (χ1n) is 11.9. The molecule has 2 aromatic carbocycles. The Kier molecular flexibility index (Phi) is 8.26. The van der Waals surface area contributed by atoms with Gasteiger partial charge in [-0.25, -0.2) is 12.7 Å². The summed E-state index contributed by atoms with van der Waals surface area (Å²) in [6.07, 6.45) is 0.606. The molecule has 0 saturated heterocycles. The number of fused-ring (bicyclic) bond motifs is 1. The van der Waals surface area contributed by atoms with Crippen LogP contribution < -0.4 is 16.2 Å². The fourth-order valence-corrected chi connectivity index (χ4v) is 6.32.